The third-order valence-corrected chi connectivity index (χ3v) is 3.62. The summed E-state index contributed by atoms with van der Waals surface area (Å²) in [4.78, 5) is 0. The topological polar surface area (TPSA) is 21.3 Å². The van der Waals surface area contributed by atoms with E-state index in [-0.39, 0.29) is 5.82 Å². The summed E-state index contributed by atoms with van der Waals surface area (Å²) in [7, 11) is 0. The zero-order valence-corrected chi connectivity index (χ0v) is 13.6. The smallest absolute Gasteiger partial charge is 0.165 e. The average molecular weight is 352 g/mol. The van der Waals surface area contributed by atoms with Gasteiger partial charge in [-0.05, 0) is 36.7 Å². The third kappa shape index (κ3) is 4.83. The molecule has 4 heteroatoms. The average Bonchev–Trinajstić information content (AvgIpc) is 2.48. The van der Waals surface area contributed by atoms with Gasteiger partial charge in [0.2, 0.25) is 0 Å². The minimum absolute atomic E-state index is 0.317. The quantitative estimate of drug-likeness (QED) is 0.732. The lowest BCUT2D eigenvalue weighted by molar-refractivity contribution is 0.286. The van der Waals surface area contributed by atoms with E-state index in [1.165, 1.54) is 6.07 Å². The lowest BCUT2D eigenvalue weighted by Gasteiger charge is -2.13. The summed E-state index contributed by atoms with van der Waals surface area (Å²) in [5.41, 5.74) is 1.86. The van der Waals surface area contributed by atoms with E-state index in [1.807, 2.05) is 30.3 Å². The molecule has 0 atom stereocenters. The maximum Gasteiger partial charge on any atom is 0.165 e. The molecule has 2 nitrogen and oxygen atoms in total. The Morgan fingerprint density at radius 2 is 1.90 bits per heavy atom. The van der Waals surface area contributed by atoms with Gasteiger partial charge in [0, 0.05) is 16.6 Å². The Kier molecular flexibility index (Phi) is 6.21. The van der Waals surface area contributed by atoms with Crippen molar-refractivity contribution in [3.8, 4) is 5.75 Å². The summed E-state index contributed by atoms with van der Waals surface area (Å²) >= 11 is 3.39. The summed E-state index contributed by atoms with van der Waals surface area (Å²) in [6, 6.07) is 12.8. The molecule has 0 radical (unpaired) electrons. The van der Waals surface area contributed by atoms with Crippen molar-refractivity contribution in [1.29, 1.82) is 0 Å². The number of para-hydroxylation sites is 1. The molecule has 2 rings (SSSR count). The molecule has 0 spiro atoms. The van der Waals surface area contributed by atoms with Gasteiger partial charge in [0.25, 0.3) is 0 Å². The standard InChI is InChI=1S/C17H19BrFNO/c1-2-10-20-11-14-4-3-5-16(19)17(14)21-12-13-6-8-15(18)9-7-13/h3-9,20H,2,10-12H2,1H3. The van der Waals surface area contributed by atoms with E-state index in [0.717, 1.165) is 28.6 Å². The molecule has 0 amide bonds. The summed E-state index contributed by atoms with van der Waals surface area (Å²) in [5, 5.41) is 3.27. The van der Waals surface area contributed by atoms with Crippen molar-refractivity contribution < 1.29 is 9.13 Å². The Morgan fingerprint density at radius 1 is 1.14 bits per heavy atom. The molecule has 0 fully saturated rings. The predicted molar refractivity (Wildman–Crippen MR) is 86.9 cm³/mol. The second-order valence-electron chi connectivity index (χ2n) is 4.82. The molecule has 0 saturated carbocycles. The lowest BCUT2D eigenvalue weighted by Crippen LogP contribution is -2.15. The fourth-order valence-corrected chi connectivity index (χ4v) is 2.25. The van der Waals surface area contributed by atoms with Crippen LogP contribution in [0.2, 0.25) is 0 Å². The van der Waals surface area contributed by atoms with Crippen molar-refractivity contribution in [2.75, 3.05) is 6.54 Å². The first-order chi connectivity index (χ1) is 10.2. The van der Waals surface area contributed by atoms with Gasteiger partial charge >= 0.3 is 0 Å². The molecule has 0 aromatic heterocycles. The van der Waals surface area contributed by atoms with Gasteiger partial charge in [-0.3, -0.25) is 0 Å². The summed E-state index contributed by atoms with van der Waals surface area (Å²) in [6.45, 7) is 3.97. The van der Waals surface area contributed by atoms with Gasteiger partial charge < -0.3 is 10.1 Å². The van der Waals surface area contributed by atoms with Crippen LogP contribution in [0.15, 0.2) is 46.9 Å². The van der Waals surface area contributed by atoms with Crippen molar-refractivity contribution in [3.63, 3.8) is 0 Å². The molecule has 21 heavy (non-hydrogen) atoms. The minimum Gasteiger partial charge on any atom is -0.485 e. The van der Waals surface area contributed by atoms with Crippen LogP contribution in [0.5, 0.6) is 5.75 Å². The van der Waals surface area contributed by atoms with E-state index in [9.17, 15) is 4.39 Å². The number of halogens is 2. The molecule has 2 aromatic carbocycles. The molecule has 0 bridgehead atoms. The Labute approximate surface area is 133 Å². The minimum atomic E-state index is -0.317. The first-order valence-corrected chi connectivity index (χ1v) is 7.85. The molecular weight excluding hydrogens is 333 g/mol. The number of hydrogen-bond acceptors (Lipinski definition) is 2. The van der Waals surface area contributed by atoms with Gasteiger partial charge in [0.05, 0.1) is 0 Å². The third-order valence-electron chi connectivity index (χ3n) is 3.09. The van der Waals surface area contributed by atoms with E-state index in [0.29, 0.717) is 18.9 Å². The zero-order valence-electron chi connectivity index (χ0n) is 12.0. The van der Waals surface area contributed by atoms with Crippen molar-refractivity contribution in [2.24, 2.45) is 0 Å². The second-order valence-corrected chi connectivity index (χ2v) is 5.74. The summed E-state index contributed by atoms with van der Waals surface area (Å²) < 4.78 is 20.7. The highest BCUT2D eigenvalue weighted by atomic mass is 79.9. The van der Waals surface area contributed by atoms with Crippen LogP contribution in [0, 0.1) is 5.82 Å². The van der Waals surface area contributed by atoms with Crippen molar-refractivity contribution in [3.05, 3.63) is 63.9 Å². The van der Waals surface area contributed by atoms with Crippen LogP contribution in [0.1, 0.15) is 24.5 Å². The van der Waals surface area contributed by atoms with E-state index in [2.05, 4.69) is 28.2 Å². The van der Waals surface area contributed by atoms with Gasteiger partial charge in [-0.2, -0.15) is 0 Å². The Hall–Kier alpha value is -1.39. The van der Waals surface area contributed by atoms with Gasteiger partial charge in [-0.1, -0.05) is 47.1 Å². The van der Waals surface area contributed by atoms with Crippen molar-refractivity contribution in [1.82, 2.24) is 5.32 Å². The van der Waals surface area contributed by atoms with E-state index < -0.39 is 0 Å². The molecule has 0 aliphatic carbocycles. The molecule has 0 aliphatic heterocycles. The highest BCUT2D eigenvalue weighted by Crippen LogP contribution is 2.24. The monoisotopic (exact) mass is 351 g/mol. The Morgan fingerprint density at radius 3 is 2.62 bits per heavy atom. The molecule has 1 N–H and O–H groups in total. The maximum absolute atomic E-state index is 14.0. The Bertz CT molecular complexity index is 572. The zero-order chi connectivity index (χ0) is 15.1. The molecule has 0 saturated heterocycles. The van der Waals surface area contributed by atoms with Crippen LogP contribution in [0.4, 0.5) is 4.39 Å². The summed E-state index contributed by atoms with van der Waals surface area (Å²) in [6.07, 6.45) is 1.05. The molecular formula is C17H19BrFNO. The molecule has 2 aromatic rings. The van der Waals surface area contributed by atoms with Crippen LogP contribution in [0.25, 0.3) is 0 Å². The number of nitrogens with one attached hydrogen (secondary N) is 1. The van der Waals surface area contributed by atoms with E-state index >= 15 is 0 Å². The van der Waals surface area contributed by atoms with Gasteiger partial charge in [-0.15, -0.1) is 0 Å². The van der Waals surface area contributed by atoms with Crippen LogP contribution >= 0.6 is 15.9 Å². The fraction of sp³-hybridized carbons (Fsp3) is 0.294. The number of hydrogen-bond donors (Lipinski definition) is 1. The first kappa shape index (κ1) is 16.0. The predicted octanol–water partition coefficient (Wildman–Crippen LogP) is 4.67. The number of ether oxygens (including phenoxy) is 1. The van der Waals surface area contributed by atoms with Crippen molar-refractivity contribution >= 4 is 15.9 Å². The van der Waals surface area contributed by atoms with Crippen molar-refractivity contribution in [2.45, 2.75) is 26.5 Å². The fourth-order valence-electron chi connectivity index (χ4n) is 1.99. The van der Waals surface area contributed by atoms with Crippen LogP contribution in [-0.2, 0) is 13.2 Å². The first-order valence-electron chi connectivity index (χ1n) is 7.06. The SMILES string of the molecule is CCCNCc1cccc(F)c1OCc1ccc(Br)cc1. The normalized spacial score (nSPS) is 10.6. The number of benzene rings is 2. The van der Waals surface area contributed by atoms with Gasteiger partial charge in [0.15, 0.2) is 11.6 Å². The van der Waals surface area contributed by atoms with Crippen LogP contribution in [0.3, 0.4) is 0 Å². The largest absolute Gasteiger partial charge is 0.485 e. The maximum atomic E-state index is 14.0. The Balaban J connectivity index is 2.05. The molecule has 0 heterocycles. The highest BCUT2D eigenvalue weighted by molar-refractivity contribution is 9.10. The molecule has 112 valence electrons. The second kappa shape index (κ2) is 8.15. The van der Waals surface area contributed by atoms with E-state index in [4.69, 9.17) is 4.74 Å². The van der Waals surface area contributed by atoms with Crippen LogP contribution < -0.4 is 10.1 Å². The van der Waals surface area contributed by atoms with Gasteiger partial charge in [0.1, 0.15) is 6.61 Å². The molecule has 0 unspecified atom stereocenters. The highest BCUT2D eigenvalue weighted by Gasteiger charge is 2.09. The molecule has 0 aliphatic rings. The van der Waals surface area contributed by atoms with E-state index in [1.54, 1.807) is 6.07 Å². The number of rotatable bonds is 7. The van der Waals surface area contributed by atoms with Gasteiger partial charge in [-0.25, -0.2) is 4.39 Å². The summed E-state index contributed by atoms with van der Waals surface area (Å²) in [5.74, 6) is 0.0203. The lowest BCUT2D eigenvalue weighted by atomic mass is 10.2. The van der Waals surface area contributed by atoms with Crippen LogP contribution in [-0.4, -0.2) is 6.54 Å².